The van der Waals surface area contributed by atoms with Gasteiger partial charge in [-0.2, -0.15) is 0 Å². The normalized spacial score (nSPS) is 10.7. The Morgan fingerprint density at radius 1 is 1.29 bits per heavy atom. The minimum atomic E-state index is -0.363. The third-order valence-corrected chi connectivity index (χ3v) is 3.00. The zero-order valence-corrected chi connectivity index (χ0v) is 11.8. The van der Waals surface area contributed by atoms with Crippen molar-refractivity contribution < 1.29 is 9.18 Å². The molecular formula is C12H16BrFN2O. The molecule has 1 amide bonds. The predicted octanol–water partition coefficient (Wildman–Crippen LogP) is 2.22. The average molecular weight is 303 g/mol. The number of amides is 1. The van der Waals surface area contributed by atoms with Crippen molar-refractivity contribution in [3.8, 4) is 0 Å². The number of benzene rings is 1. The van der Waals surface area contributed by atoms with Crippen LogP contribution in [0.2, 0.25) is 0 Å². The van der Waals surface area contributed by atoms with Crippen molar-refractivity contribution >= 4 is 21.8 Å². The molecule has 94 valence electrons. The predicted molar refractivity (Wildman–Crippen MR) is 69.6 cm³/mol. The molecule has 0 heterocycles. The topological polar surface area (TPSA) is 23.6 Å². The van der Waals surface area contributed by atoms with Gasteiger partial charge in [0.2, 0.25) is 0 Å². The summed E-state index contributed by atoms with van der Waals surface area (Å²) in [4.78, 5) is 15.6. The van der Waals surface area contributed by atoms with Crippen molar-refractivity contribution in [3.63, 3.8) is 0 Å². The SMILES string of the molecule is CN(C)CCN(C)C(=O)c1ccc(F)c(Br)c1. The van der Waals surface area contributed by atoms with Crippen molar-refractivity contribution in [2.45, 2.75) is 0 Å². The lowest BCUT2D eigenvalue weighted by Crippen LogP contribution is -2.33. The van der Waals surface area contributed by atoms with Crippen LogP contribution in [-0.4, -0.2) is 49.9 Å². The number of rotatable bonds is 4. The number of carbonyl (C=O) groups is 1. The first-order valence-electron chi connectivity index (χ1n) is 5.27. The van der Waals surface area contributed by atoms with Gasteiger partial charge in [0, 0.05) is 25.7 Å². The monoisotopic (exact) mass is 302 g/mol. The summed E-state index contributed by atoms with van der Waals surface area (Å²) >= 11 is 3.07. The van der Waals surface area contributed by atoms with Crippen LogP contribution in [0.25, 0.3) is 0 Å². The van der Waals surface area contributed by atoms with E-state index in [-0.39, 0.29) is 11.7 Å². The molecule has 0 aliphatic carbocycles. The molecule has 1 aromatic rings. The van der Waals surface area contributed by atoms with Crippen LogP contribution in [0.15, 0.2) is 22.7 Å². The van der Waals surface area contributed by atoms with Gasteiger partial charge in [-0.15, -0.1) is 0 Å². The highest BCUT2D eigenvalue weighted by atomic mass is 79.9. The highest BCUT2D eigenvalue weighted by Gasteiger charge is 2.13. The van der Waals surface area contributed by atoms with Gasteiger partial charge in [0.15, 0.2) is 0 Å². The van der Waals surface area contributed by atoms with Crippen molar-refractivity contribution in [2.24, 2.45) is 0 Å². The second-order valence-electron chi connectivity index (χ2n) is 4.16. The third kappa shape index (κ3) is 4.09. The van der Waals surface area contributed by atoms with E-state index in [1.54, 1.807) is 11.9 Å². The highest BCUT2D eigenvalue weighted by Crippen LogP contribution is 2.17. The molecule has 0 unspecified atom stereocenters. The van der Waals surface area contributed by atoms with Crippen molar-refractivity contribution in [3.05, 3.63) is 34.1 Å². The molecule has 0 bridgehead atoms. The van der Waals surface area contributed by atoms with Crippen LogP contribution in [0, 0.1) is 5.82 Å². The Labute approximate surface area is 109 Å². The summed E-state index contributed by atoms with van der Waals surface area (Å²) in [6.45, 7) is 1.44. The smallest absolute Gasteiger partial charge is 0.253 e. The summed E-state index contributed by atoms with van der Waals surface area (Å²) in [6, 6.07) is 4.29. The molecule has 1 aromatic carbocycles. The Morgan fingerprint density at radius 3 is 2.47 bits per heavy atom. The number of halogens is 2. The Morgan fingerprint density at radius 2 is 1.94 bits per heavy atom. The molecule has 0 fully saturated rings. The first-order valence-corrected chi connectivity index (χ1v) is 6.06. The fourth-order valence-electron chi connectivity index (χ4n) is 1.30. The Kier molecular flexibility index (Phi) is 5.08. The number of hydrogen-bond donors (Lipinski definition) is 0. The lowest BCUT2D eigenvalue weighted by molar-refractivity contribution is 0.0786. The number of carbonyl (C=O) groups excluding carboxylic acids is 1. The van der Waals surface area contributed by atoms with Crippen LogP contribution in [-0.2, 0) is 0 Å². The summed E-state index contributed by atoms with van der Waals surface area (Å²) in [5.74, 6) is -0.468. The molecular weight excluding hydrogens is 287 g/mol. The molecule has 0 aliphatic rings. The van der Waals surface area contributed by atoms with Gasteiger partial charge in [0.25, 0.3) is 5.91 Å². The standard InChI is InChI=1S/C12H16BrFN2O/c1-15(2)6-7-16(3)12(17)9-4-5-11(14)10(13)8-9/h4-5,8H,6-7H2,1-3H3. The molecule has 0 aromatic heterocycles. The van der Waals surface area contributed by atoms with Crippen LogP contribution in [0.5, 0.6) is 0 Å². The zero-order chi connectivity index (χ0) is 13.0. The molecule has 5 heteroatoms. The summed E-state index contributed by atoms with van der Waals surface area (Å²) in [5.41, 5.74) is 0.486. The number of hydrogen-bond acceptors (Lipinski definition) is 2. The van der Waals surface area contributed by atoms with Gasteiger partial charge in [-0.25, -0.2) is 4.39 Å². The van der Waals surface area contributed by atoms with Gasteiger partial charge < -0.3 is 9.80 Å². The van der Waals surface area contributed by atoms with E-state index < -0.39 is 0 Å². The van der Waals surface area contributed by atoms with Crippen LogP contribution >= 0.6 is 15.9 Å². The lowest BCUT2D eigenvalue weighted by Gasteiger charge is -2.19. The highest BCUT2D eigenvalue weighted by molar-refractivity contribution is 9.10. The molecule has 0 atom stereocenters. The second kappa shape index (κ2) is 6.12. The lowest BCUT2D eigenvalue weighted by atomic mass is 10.2. The van der Waals surface area contributed by atoms with Gasteiger partial charge in [-0.05, 0) is 48.2 Å². The Bertz CT molecular complexity index is 409. The fraction of sp³-hybridized carbons (Fsp3) is 0.417. The minimum absolute atomic E-state index is 0.104. The van der Waals surface area contributed by atoms with Crippen LogP contribution in [0.1, 0.15) is 10.4 Å². The maximum atomic E-state index is 13.0. The van der Waals surface area contributed by atoms with Crippen molar-refractivity contribution in [1.29, 1.82) is 0 Å². The average Bonchev–Trinajstić information content (AvgIpc) is 2.28. The van der Waals surface area contributed by atoms with Crippen LogP contribution < -0.4 is 0 Å². The molecule has 0 saturated heterocycles. The van der Waals surface area contributed by atoms with E-state index in [4.69, 9.17) is 0 Å². The summed E-state index contributed by atoms with van der Waals surface area (Å²) in [7, 11) is 5.64. The third-order valence-electron chi connectivity index (χ3n) is 2.40. The van der Waals surface area contributed by atoms with Crippen LogP contribution in [0.4, 0.5) is 4.39 Å². The molecule has 0 aliphatic heterocycles. The van der Waals surface area contributed by atoms with E-state index in [0.29, 0.717) is 16.6 Å². The minimum Gasteiger partial charge on any atom is -0.340 e. The van der Waals surface area contributed by atoms with E-state index in [1.165, 1.54) is 18.2 Å². The summed E-state index contributed by atoms with van der Waals surface area (Å²) in [5, 5.41) is 0. The maximum Gasteiger partial charge on any atom is 0.253 e. The van der Waals surface area contributed by atoms with Crippen molar-refractivity contribution in [2.75, 3.05) is 34.2 Å². The second-order valence-corrected chi connectivity index (χ2v) is 5.01. The quantitative estimate of drug-likeness (QED) is 0.851. The molecule has 0 saturated carbocycles. The van der Waals surface area contributed by atoms with Crippen molar-refractivity contribution in [1.82, 2.24) is 9.80 Å². The van der Waals surface area contributed by atoms with Gasteiger partial charge in [-0.3, -0.25) is 4.79 Å². The van der Waals surface area contributed by atoms with Gasteiger partial charge >= 0.3 is 0 Å². The first kappa shape index (κ1) is 14.1. The maximum absolute atomic E-state index is 13.0. The van der Waals surface area contributed by atoms with E-state index in [1.807, 2.05) is 19.0 Å². The molecule has 3 nitrogen and oxygen atoms in total. The molecule has 1 rings (SSSR count). The summed E-state index contributed by atoms with van der Waals surface area (Å²) in [6.07, 6.45) is 0. The fourth-order valence-corrected chi connectivity index (χ4v) is 1.68. The molecule has 0 N–H and O–H groups in total. The molecule has 17 heavy (non-hydrogen) atoms. The van der Waals surface area contributed by atoms with Gasteiger partial charge in [-0.1, -0.05) is 0 Å². The molecule has 0 radical (unpaired) electrons. The van der Waals surface area contributed by atoms with E-state index in [0.717, 1.165) is 6.54 Å². The largest absolute Gasteiger partial charge is 0.340 e. The van der Waals surface area contributed by atoms with Crippen LogP contribution in [0.3, 0.4) is 0 Å². The Balaban J connectivity index is 2.71. The van der Waals surface area contributed by atoms with Gasteiger partial charge in [0.05, 0.1) is 4.47 Å². The first-order chi connectivity index (χ1) is 7.91. The summed E-state index contributed by atoms with van der Waals surface area (Å²) < 4.78 is 13.3. The zero-order valence-electron chi connectivity index (χ0n) is 10.2. The van der Waals surface area contributed by atoms with E-state index in [2.05, 4.69) is 15.9 Å². The Hall–Kier alpha value is -0.940. The number of nitrogens with zero attached hydrogens (tertiary/aromatic N) is 2. The van der Waals surface area contributed by atoms with E-state index in [9.17, 15) is 9.18 Å². The van der Waals surface area contributed by atoms with E-state index >= 15 is 0 Å². The van der Waals surface area contributed by atoms with Gasteiger partial charge in [0.1, 0.15) is 5.82 Å². The molecule has 0 spiro atoms. The number of likely N-dealkylation sites (N-methyl/N-ethyl adjacent to an activating group) is 2.